The molecule has 64 heavy (non-hydrogen) atoms. The van der Waals surface area contributed by atoms with E-state index in [9.17, 15) is 38.4 Å². The Bertz CT molecular complexity index is 1470. The average Bonchev–Trinajstić information content (AvgIpc) is 3.15. The minimum absolute atomic E-state index is 0.0225. The zero-order valence-electron chi connectivity index (χ0n) is 40.7. The van der Waals surface area contributed by atoms with Crippen molar-refractivity contribution in [2.24, 2.45) is 10.8 Å². The van der Waals surface area contributed by atoms with Gasteiger partial charge >= 0.3 is 23.9 Å². The first kappa shape index (κ1) is 60.8. The van der Waals surface area contributed by atoms with Crippen molar-refractivity contribution in [3.8, 4) is 0 Å². The van der Waals surface area contributed by atoms with E-state index in [4.69, 9.17) is 28.5 Å². The molecule has 0 aliphatic rings. The molecule has 0 saturated carbocycles. The molecule has 6 N–H and O–H groups in total. The molecule has 22 heteroatoms. The van der Waals surface area contributed by atoms with Crippen LogP contribution < -0.4 is 21.3 Å². The van der Waals surface area contributed by atoms with E-state index in [1.165, 1.54) is 21.6 Å². The summed E-state index contributed by atoms with van der Waals surface area (Å²) in [5, 5.41) is 28.7. The van der Waals surface area contributed by atoms with Gasteiger partial charge in [0.25, 0.3) is 11.8 Å². The first-order valence-corrected chi connectivity index (χ1v) is 29.9. The summed E-state index contributed by atoms with van der Waals surface area (Å²) in [6.45, 7) is 28.6. The maximum Gasteiger partial charge on any atom is 0.307 e. The Balaban J connectivity index is 4.83. The minimum Gasteiger partial charge on any atom is -0.481 e. The quantitative estimate of drug-likeness (QED) is 0.0224. The number of aliphatic carboxylic acids is 2. The molecular formula is C42H78N4O14S2Si2. The highest BCUT2D eigenvalue weighted by Gasteiger charge is 2.45. The van der Waals surface area contributed by atoms with Crippen LogP contribution in [0.4, 0.5) is 0 Å². The SMILES string of the molecule is CC(C)(CO[Si](C)(C)C(C)(C)C)[C@@H](OC(=O)CCC(=O)O)C(=O)NCCC(=O)NCCSSCCNC(=O)CCNC(=O)[C@H](OC(=O)CCC(=O)O)C(C)(C)CO[Si](C)(C)C(C)(C)C. The molecule has 0 radical (unpaired) electrons. The third-order valence-electron chi connectivity index (χ3n) is 11.1. The average molecular weight is 983 g/mol. The van der Waals surface area contributed by atoms with E-state index in [0.717, 1.165) is 0 Å². The lowest BCUT2D eigenvalue weighted by molar-refractivity contribution is -0.165. The third kappa shape index (κ3) is 24.4. The van der Waals surface area contributed by atoms with Crippen LogP contribution in [-0.4, -0.2) is 137 Å². The number of ether oxygens (including phenoxy) is 2. The Morgan fingerprint density at radius 3 is 1.08 bits per heavy atom. The lowest BCUT2D eigenvalue weighted by atomic mass is 9.86. The molecule has 0 fully saturated rings. The summed E-state index contributed by atoms with van der Waals surface area (Å²) in [7, 11) is -1.47. The number of esters is 2. The molecule has 0 aromatic heterocycles. The predicted octanol–water partition coefficient (Wildman–Crippen LogP) is 5.26. The second kappa shape index (κ2) is 27.5. The van der Waals surface area contributed by atoms with Crippen molar-refractivity contribution in [1.29, 1.82) is 0 Å². The maximum atomic E-state index is 13.3. The van der Waals surface area contributed by atoms with Gasteiger partial charge in [0.05, 0.1) is 25.7 Å². The van der Waals surface area contributed by atoms with Gasteiger partial charge in [-0.05, 0) is 36.3 Å². The van der Waals surface area contributed by atoms with Crippen molar-refractivity contribution >= 4 is 85.7 Å². The molecule has 4 amide bonds. The molecular weight excluding hydrogens is 905 g/mol. The van der Waals surface area contributed by atoms with Gasteiger partial charge in [-0.15, -0.1) is 0 Å². The van der Waals surface area contributed by atoms with Crippen LogP contribution >= 0.6 is 21.6 Å². The summed E-state index contributed by atoms with van der Waals surface area (Å²) < 4.78 is 23.7. The van der Waals surface area contributed by atoms with Gasteiger partial charge in [0.1, 0.15) is 0 Å². The third-order valence-corrected chi connectivity index (χ3v) is 22.5. The van der Waals surface area contributed by atoms with Gasteiger partial charge < -0.3 is 49.8 Å². The van der Waals surface area contributed by atoms with Crippen molar-refractivity contribution in [2.75, 3.05) is 50.9 Å². The summed E-state index contributed by atoms with van der Waals surface area (Å²) in [5.41, 5.74) is -1.93. The number of amides is 4. The van der Waals surface area contributed by atoms with Crippen LogP contribution in [0.5, 0.6) is 0 Å². The summed E-state index contributed by atoms with van der Waals surface area (Å²) in [5.74, 6) is -4.68. The van der Waals surface area contributed by atoms with Gasteiger partial charge in [0.2, 0.25) is 11.8 Å². The molecule has 0 rings (SSSR count). The number of rotatable bonds is 31. The van der Waals surface area contributed by atoms with E-state index in [1.807, 2.05) is 0 Å². The Morgan fingerprint density at radius 2 is 0.797 bits per heavy atom. The monoisotopic (exact) mass is 982 g/mol. The summed E-state index contributed by atoms with van der Waals surface area (Å²) >= 11 is 0. The van der Waals surface area contributed by atoms with Crippen LogP contribution in [0.15, 0.2) is 0 Å². The largest absolute Gasteiger partial charge is 0.481 e. The van der Waals surface area contributed by atoms with Crippen LogP contribution in [-0.2, 0) is 56.7 Å². The first-order chi connectivity index (χ1) is 29.1. The van der Waals surface area contributed by atoms with Gasteiger partial charge in [-0.3, -0.25) is 38.4 Å². The van der Waals surface area contributed by atoms with Gasteiger partial charge in [-0.1, -0.05) is 90.8 Å². The smallest absolute Gasteiger partial charge is 0.307 e. The topological polar surface area (TPSA) is 262 Å². The minimum atomic E-state index is -2.23. The van der Waals surface area contributed by atoms with Crippen LogP contribution in [0, 0.1) is 10.8 Å². The van der Waals surface area contributed by atoms with Crippen molar-refractivity contribution in [3.05, 3.63) is 0 Å². The number of carboxylic acid groups (broad SMARTS) is 2. The van der Waals surface area contributed by atoms with Crippen LogP contribution in [0.25, 0.3) is 0 Å². The van der Waals surface area contributed by atoms with E-state index in [-0.39, 0.29) is 61.0 Å². The zero-order valence-corrected chi connectivity index (χ0v) is 44.3. The maximum absolute atomic E-state index is 13.3. The van der Waals surface area contributed by atoms with Crippen molar-refractivity contribution in [3.63, 3.8) is 0 Å². The van der Waals surface area contributed by atoms with E-state index in [1.54, 1.807) is 27.7 Å². The molecule has 0 aromatic carbocycles. The van der Waals surface area contributed by atoms with Crippen molar-refractivity contribution in [2.45, 2.75) is 156 Å². The number of carboxylic acids is 2. The summed E-state index contributed by atoms with van der Waals surface area (Å²) in [6, 6.07) is 0. The number of carbonyl (C=O) groups is 8. The van der Waals surface area contributed by atoms with E-state index >= 15 is 0 Å². The van der Waals surface area contributed by atoms with E-state index < -0.39 is 101 Å². The van der Waals surface area contributed by atoms with Gasteiger partial charge in [0, 0.05) is 74.6 Å². The summed E-state index contributed by atoms with van der Waals surface area (Å²) in [4.78, 5) is 98.6. The molecule has 18 nitrogen and oxygen atoms in total. The van der Waals surface area contributed by atoms with Crippen LogP contribution in [0.2, 0.25) is 36.3 Å². The fraction of sp³-hybridized carbons (Fsp3) is 0.810. The van der Waals surface area contributed by atoms with E-state index in [0.29, 0.717) is 24.6 Å². The summed E-state index contributed by atoms with van der Waals surface area (Å²) in [6.07, 6.45) is -4.31. The van der Waals surface area contributed by atoms with Crippen molar-refractivity contribution < 1.29 is 66.9 Å². The second-order valence-corrected chi connectivity index (χ2v) is 32.3. The molecule has 0 aliphatic heterocycles. The fourth-order valence-electron chi connectivity index (χ4n) is 4.79. The Kier molecular flexibility index (Phi) is 26.1. The molecule has 370 valence electrons. The molecule has 2 atom stereocenters. The number of carbonyl (C=O) groups excluding carboxylic acids is 6. The van der Waals surface area contributed by atoms with Gasteiger partial charge in [-0.2, -0.15) is 0 Å². The predicted molar refractivity (Wildman–Crippen MR) is 254 cm³/mol. The molecule has 0 saturated heterocycles. The highest BCUT2D eigenvalue weighted by molar-refractivity contribution is 8.76. The highest BCUT2D eigenvalue weighted by atomic mass is 33.1. The Hall–Kier alpha value is -3.19. The second-order valence-electron chi connectivity index (χ2n) is 20.0. The molecule has 0 unspecified atom stereocenters. The van der Waals surface area contributed by atoms with E-state index in [2.05, 4.69) is 89.0 Å². The molecule has 0 heterocycles. The molecule has 0 spiro atoms. The number of hydrogen-bond acceptors (Lipinski definition) is 14. The Morgan fingerprint density at radius 1 is 0.484 bits per heavy atom. The first-order valence-electron chi connectivity index (χ1n) is 21.6. The lowest BCUT2D eigenvalue weighted by Gasteiger charge is -2.40. The Labute approximate surface area is 390 Å². The molecule has 0 aromatic rings. The zero-order chi connectivity index (χ0) is 49.7. The van der Waals surface area contributed by atoms with Crippen LogP contribution in [0.1, 0.15) is 108 Å². The highest BCUT2D eigenvalue weighted by Crippen LogP contribution is 2.39. The van der Waals surface area contributed by atoms with Gasteiger partial charge in [-0.25, -0.2) is 0 Å². The van der Waals surface area contributed by atoms with Crippen molar-refractivity contribution in [1.82, 2.24) is 21.3 Å². The molecule has 0 aliphatic carbocycles. The van der Waals surface area contributed by atoms with Crippen LogP contribution in [0.3, 0.4) is 0 Å². The number of nitrogens with one attached hydrogen (secondary N) is 4. The molecule has 0 bridgehead atoms. The number of hydrogen-bond donors (Lipinski definition) is 6. The lowest BCUT2D eigenvalue weighted by Crippen LogP contribution is -2.51. The van der Waals surface area contributed by atoms with Gasteiger partial charge in [0.15, 0.2) is 28.8 Å². The fourth-order valence-corrected chi connectivity index (χ4v) is 8.94. The standard InChI is InChI=1S/C42H78N4O14S2Si2/c1-39(2,3)63(11,12)57-27-41(7,8)35(59-33(53)17-15-31(49)50)37(55)45-21-19-29(47)43-23-25-61-62-26-24-44-30(48)20-22-46-38(56)36(60-34(54)18-16-32(51)52)42(9,10)28-58-64(13,14)40(4,5)6/h35-36H,15-28H2,1-14H3,(H,43,47)(H,44,48)(H,45,55)(H,46,56)(H,49,50)(H,51,52)/t35-,36-/m0/s1. The normalized spacial score (nSPS) is 13.5.